The lowest BCUT2D eigenvalue weighted by molar-refractivity contribution is -0.216. The van der Waals surface area contributed by atoms with Crippen LogP contribution in [-0.2, 0) is 35.3 Å². The highest BCUT2D eigenvalue weighted by molar-refractivity contribution is 5.90. The van der Waals surface area contributed by atoms with E-state index in [0.717, 1.165) is 30.0 Å². The van der Waals surface area contributed by atoms with E-state index >= 15 is 0 Å². The molecule has 0 radical (unpaired) electrons. The molecule has 0 fully saturated rings. The predicted octanol–water partition coefficient (Wildman–Crippen LogP) is 6.44. The lowest BCUT2D eigenvalue weighted by Gasteiger charge is -2.14. The summed E-state index contributed by atoms with van der Waals surface area (Å²) in [6, 6.07) is 18.0. The summed E-state index contributed by atoms with van der Waals surface area (Å²) < 4.78 is 64.6. The van der Waals surface area contributed by atoms with Gasteiger partial charge >= 0.3 is 12.1 Å². The van der Waals surface area contributed by atoms with Gasteiger partial charge in [0.1, 0.15) is 23.2 Å². The highest BCUT2D eigenvalue weighted by atomic mass is 19.4. The number of carbonyl (C=O) groups is 1. The van der Waals surface area contributed by atoms with Crippen molar-refractivity contribution in [2.24, 2.45) is 0 Å². The van der Waals surface area contributed by atoms with Crippen LogP contribution in [0.15, 0.2) is 73.1 Å². The lowest BCUT2D eigenvalue weighted by atomic mass is 9.95. The minimum atomic E-state index is -4.98. The summed E-state index contributed by atoms with van der Waals surface area (Å²) >= 11 is 0. The van der Waals surface area contributed by atoms with Gasteiger partial charge < -0.3 is 4.74 Å². The molecular weight excluding hydrogens is 620 g/mol. The fourth-order valence-corrected chi connectivity index (χ4v) is 5.03. The largest absolute Gasteiger partial charge is 0.494 e. The van der Waals surface area contributed by atoms with Crippen LogP contribution in [0.4, 0.5) is 17.6 Å². The maximum atomic E-state index is 14.5. The summed E-state index contributed by atoms with van der Waals surface area (Å²) in [7, 11) is 0.989. The lowest BCUT2D eigenvalue weighted by Crippen LogP contribution is -2.19. The number of nitrogens with zero attached hydrogens (tertiary/aromatic N) is 6. The molecule has 0 spiro atoms. The molecule has 0 saturated carbocycles. The standard InChI is InChI=1S/C33H28F4N6O4/c1-21-17-26(46-16-4-14-42-15-13-25(19-38)41-42)12-10-22(21)7-8-23-9-11-24(34)18-27(23)29-5-3-6-30(40-29)43-31(33(35,36)37)28(20-39-43)32(44)47-45-2/h3,5-6,9-13,15,17-18,20H,4,7-8,14,16H2,1-2H3. The Labute approximate surface area is 266 Å². The Morgan fingerprint density at radius 2 is 1.83 bits per heavy atom. The van der Waals surface area contributed by atoms with Gasteiger partial charge in [-0.1, -0.05) is 18.2 Å². The van der Waals surface area contributed by atoms with E-state index in [9.17, 15) is 22.4 Å². The van der Waals surface area contributed by atoms with E-state index in [4.69, 9.17) is 10.00 Å². The zero-order valence-electron chi connectivity index (χ0n) is 25.3. The third kappa shape index (κ3) is 7.82. The molecule has 0 unspecified atom stereocenters. The van der Waals surface area contributed by atoms with Gasteiger partial charge in [0.15, 0.2) is 17.2 Å². The summed E-state index contributed by atoms with van der Waals surface area (Å²) in [5.74, 6) is -1.43. The average molecular weight is 649 g/mol. The Morgan fingerprint density at radius 3 is 2.55 bits per heavy atom. The molecule has 0 amide bonds. The van der Waals surface area contributed by atoms with E-state index < -0.39 is 29.2 Å². The van der Waals surface area contributed by atoms with Gasteiger partial charge in [-0.25, -0.2) is 18.9 Å². The number of hydrogen-bond donors (Lipinski definition) is 0. The van der Waals surface area contributed by atoms with Gasteiger partial charge in [-0.3, -0.25) is 9.57 Å². The smallest absolute Gasteiger partial charge is 0.434 e. The number of halogens is 4. The van der Waals surface area contributed by atoms with Gasteiger partial charge in [0.05, 0.1) is 25.6 Å². The molecule has 0 saturated heterocycles. The average Bonchev–Trinajstić information content (AvgIpc) is 3.71. The summed E-state index contributed by atoms with van der Waals surface area (Å²) in [5.41, 5.74) is 1.52. The molecule has 3 aromatic heterocycles. The second-order valence-corrected chi connectivity index (χ2v) is 10.4. The molecule has 5 rings (SSSR count). The van der Waals surface area contributed by atoms with Crippen LogP contribution >= 0.6 is 0 Å². The van der Waals surface area contributed by atoms with Crippen LogP contribution in [0.5, 0.6) is 5.75 Å². The summed E-state index contributed by atoms with van der Waals surface area (Å²) in [6.07, 6.45) is -0.734. The third-order valence-corrected chi connectivity index (χ3v) is 7.25. The number of aromatic nitrogens is 5. The van der Waals surface area contributed by atoms with Crippen LogP contribution in [0.25, 0.3) is 17.1 Å². The predicted molar refractivity (Wildman–Crippen MR) is 160 cm³/mol. The number of rotatable bonds is 12. The number of carbonyl (C=O) groups excluding carboxylic acids is 1. The monoisotopic (exact) mass is 648 g/mol. The fourth-order valence-electron chi connectivity index (χ4n) is 5.03. The molecule has 0 atom stereocenters. The zero-order chi connectivity index (χ0) is 33.6. The third-order valence-electron chi connectivity index (χ3n) is 7.25. The molecule has 0 N–H and O–H groups in total. The van der Waals surface area contributed by atoms with Crippen LogP contribution in [0.3, 0.4) is 0 Å². The van der Waals surface area contributed by atoms with E-state index in [1.165, 1.54) is 24.3 Å². The van der Waals surface area contributed by atoms with E-state index in [2.05, 4.69) is 25.0 Å². The first-order chi connectivity index (χ1) is 22.6. The Morgan fingerprint density at radius 1 is 1.04 bits per heavy atom. The number of hydrogen-bond acceptors (Lipinski definition) is 8. The number of pyridine rings is 1. The van der Waals surface area contributed by atoms with Crippen molar-refractivity contribution < 1.29 is 36.9 Å². The molecule has 10 nitrogen and oxygen atoms in total. The molecule has 5 aromatic rings. The van der Waals surface area contributed by atoms with Crippen molar-refractivity contribution in [2.75, 3.05) is 13.7 Å². The van der Waals surface area contributed by atoms with Crippen LogP contribution in [0.2, 0.25) is 0 Å². The molecule has 0 aliphatic carbocycles. The topological polar surface area (TPSA) is 117 Å². The normalized spacial score (nSPS) is 11.3. The summed E-state index contributed by atoms with van der Waals surface area (Å²) in [4.78, 5) is 25.0. The first-order valence-electron chi connectivity index (χ1n) is 14.4. The van der Waals surface area contributed by atoms with Gasteiger partial charge in [-0.2, -0.15) is 33.5 Å². The summed E-state index contributed by atoms with van der Waals surface area (Å²) in [5, 5.41) is 16.8. The quantitative estimate of drug-likeness (QED) is 0.0657. The molecule has 47 heavy (non-hydrogen) atoms. The van der Waals surface area contributed by atoms with Crippen molar-refractivity contribution in [3.8, 4) is 28.9 Å². The SMILES string of the molecule is COOC(=O)c1cnn(-c2cccc(-c3cc(F)ccc3CCc3ccc(OCCCn4ccc(C#N)n4)cc3C)n2)c1C(F)(F)F. The maximum Gasteiger partial charge on any atom is 0.434 e. The van der Waals surface area contributed by atoms with Crippen LogP contribution < -0.4 is 4.74 Å². The number of aryl methyl sites for hydroxylation is 4. The fraction of sp³-hybridized carbons (Fsp3) is 0.242. The first kappa shape index (κ1) is 32.8. The molecule has 2 aromatic carbocycles. The molecule has 0 aliphatic heterocycles. The minimum absolute atomic E-state index is 0.223. The van der Waals surface area contributed by atoms with Crippen molar-refractivity contribution in [3.63, 3.8) is 0 Å². The number of benzene rings is 2. The van der Waals surface area contributed by atoms with Gasteiger partial charge in [0.25, 0.3) is 0 Å². The van der Waals surface area contributed by atoms with E-state index in [-0.39, 0.29) is 11.5 Å². The number of ether oxygens (including phenoxy) is 1. The van der Waals surface area contributed by atoms with Gasteiger partial charge in [-0.15, -0.1) is 0 Å². The van der Waals surface area contributed by atoms with Gasteiger partial charge in [0.2, 0.25) is 0 Å². The molecular formula is C33H28F4N6O4. The highest BCUT2D eigenvalue weighted by Gasteiger charge is 2.41. The Kier molecular flexibility index (Phi) is 9.96. The second kappa shape index (κ2) is 14.3. The van der Waals surface area contributed by atoms with Crippen molar-refractivity contribution in [1.29, 1.82) is 5.26 Å². The zero-order valence-corrected chi connectivity index (χ0v) is 25.3. The van der Waals surface area contributed by atoms with Gasteiger partial charge in [0, 0.05) is 24.7 Å². The molecule has 0 aliphatic rings. The van der Waals surface area contributed by atoms with E-state index in [1.54, 1.807) is 29.1 Å². The van der Waals surface area contributed by atoms with Crippen LogP contribution in [0.1, 0.15) is 44.9 Å². The molecule has 242 valence electrons. The Bertz CT molecular complexity index is 1930. The highest BCUT2D eigenvalue weighted by Crippen LogP contribution is 2.34. The molecule has 14 heteroatoms. The Hall–Kier alpha value is -5.55. The number of nitriles is 1. The molecule has 3 heterocycles. The van der Waals surface area contributed by atoms with Crippen molar-refractivity contribution in [2.45, 2.75) is 38.9 Å². The molecule has 0 bridgehead atoms. The van der Waals surface area contributed by atoms with Crippen LogP contribution in [0, 0.1) is 24.1 Å². The van der Waals surface area contributed by atoms with Crippen LogP contribution in [-0.4, -0.2) is 44.2 Å². The maximum absolute atomic E-state index is 14.5. The van der Waals surface area contributed by atoms with E-state index in [1.807, 2.05) is 31.2 Å². The van der Waals surface area contributed by atoms with E-state index in [0.29, 0.717) is 54.1 Å². The van der Waals surface area contributed by atoms with Crippen molar-refractivity contribution in [3.05, 3.63) is 113 Å². The van der Waals surface area contributed by atoms with Crippen molar-refractivity contribution >= 4 is 5.97 Å². The van der Waals surface area contributed by atoms with Crippen molar-refractivity contribution in [1.82, 2.24) is 24.5 Å². The first-order valence-corrected chi connectivity index (χ1v) is 14.4. The second-order valence-electron chi connectivity index (χ2n) is 10.4. The number of alkyl halides is 3. The minimum Gasteiger partial charge on any atom is -0.494 e. The Balaban J connectivity index is 1.31. The van der Waals surface area contributed by atoms with Gasteiger partial charge in [-0.05, 0) is 78.9 Å². The summed E-state index contributed by atoms with van der Waals surface area (Å²) in [6.45, 7) is 3.05.